The SMILES string of the molecule is CC(=O)c1cc(F)cc2[nH]c3c(c12)/C(=N\N)CN1CCC[C@]31C. The third-order valence-electron chi connectivity index (χ3n) is 5.36. The average Bonchev–Trinajstić information content (AvgIpc) is 3.06. The van der Waals surface area contributed by atoms with E-state index in [1.807, 2.05) is 0 Å². The van der Waals surface area contributed by atoms with E-state index in [0.29, 0.717) is 17.6 Å². The van der Waals surface area contributed by atoms with Crippen LogP contribution in [0.25, 0.3) is 10.9 Å². The summed E-state index contributed by atoms with van der Waals surface area (Å²) in [5.41, 5.74) is 3.50. The van der Waals surface area contributed by atoms with E-state index in [2.05, 4.69) is 21.9 Å². The van der Waals surface area contributed by atoms with Gasteiger partial charge in [-0.05, 0) is 45.4 Å². The van der Waals surface area contributed by atoms with E-state index in [-0.39, 0.29) is 11.3 Å². The molecule has 1 aromatic carbocycles. The predicted octanol–water partition coefficient (Wildman–Crippen LogP) is 2.50. The molecule has 1 saturated heterocycles. The first-order valence-corrected chi connectivity index (χ1v) is 7.84. The Morgan fingerprint density at radius 1 is 1.48 bits per heavy atom. The Kier molecular flexibility index (Phi) is 2.90. The lowest BCUT2D eigenvalue weighted by atomic mass is 9.84. The molecule has 3 heterocycles. The molecule has 1 atom stereocenters. The lowest BCUT2D eigenvalue weighted by Gasteiger charge is -2.39. The molecule has 1 aromatic heterocycles. The van der Waals surface area contributed by atoms with Crippen LogP contribution < -0.4 is 5.84 Å². The van der Waals surface area contributed by atoms with Gasteiger partial charge in [0.2, 0.25) is 0 Å². The number of hydrogen-bond donors (Lipinski definition) is 2. The molecule has 0 amide bonds. The Hall–Kier alpha value is -2.21. The van der Waals surface area contributed by atoms with Gasteiger partial charge in [0, 0.05) is 34.3 Å². The minimum Gasteiger partial charge on any atom is -0.356 e. The van der Waals surface area contributed by atoms with Gasteiger partial charge in [-0.15, -0.1) is 0 Å². The predicted molar refractivity (Wildman–Crippen MR) is 87.1 cm³/mol. The van der Waals surface area contributed by atoms with E-state index in [1.165, 1.54) is 19.1 Å². The van der Waals surface area contributed by atoms with Crippen molar-refractivity contribution in [2.24, 2.45) is 10.9 Å². The number of nitrogens with two attached hydrogens (primary N) is 1. The summed E-state index contributed by atoms with van der Waals surface area (Å²) in [6.07, 6.45) is 2.11. The first-order chi connectivity index (χ1) is 11.0. The number of aromatic amines is 1. The third kappa shape index (κ3) is 1.81. The van der Waals surface area contributed by atoms with Crippen molar-refractivity contribution in [1.82, 2.24) is 9.88 Å². The van der Waals surface area contributed by atoms with Crippen LogP contribution >= 0.6 is 0 Å². The molecule has 0 saturated carbocycles. The van der Waals surface area contributed by atoms with Crippen molar-refractivity contribution in [2.75, 3.05) is 13.1 Å². The number of carbonyl (C=O) groups is 1. The highest BCUT2D eigenvalue weighted by Gasteiger charge is 2.46. The number of hydrazone groups is 1. The normalized spacial score (nSPS) is 25.8. The summed E-state index contributed by atoms with van der Waals surface area (Å²) in [5.74, 6) is 5.06. The van der Waals surface area contributed by atoms with Crippen LogP contribution in [-0.2, 0) is 5.54 Å². The van der Waals surface area contributed by atoms with Crippen molar-refractivity contribution >= 4 is 22.4 Å². The standard InChI is InChI=1S/C17H19FN4O/c1-9(23)11-6-10(18)7-12-14(11)15-13(21-19)8-22-5-3-4-17(22,2)16(15)20-12/h6-7,20H,3-5,8,19H2,1-2H3/b21-13-/t17-/m1/s1. The molecule has 4 rings (SSSR count). The van der Waals surface area contributed by atoms with Crippen molar-refractivity contribution in [3.8, 4) is 0 Å². The molecule has 2 aliphatic rings. The summed E-state index contributed by atoms with van der Waals surface area (Å²) < 4.78 is 13.9. The van der Waals surface area contributed by atoms with Gasteiger partial charge < -0.3 is 10.8 Å². The number of ketones is 1. The molecule has 2 aromatic rings. The van der Waals surface area contributed by atoms with Crippen molar-refractivity contribution in [1.29, 1.82) is 0 Å². The quantitative estimate of drug-likeness (QED) is 0.482. The topological polar surface area (TPSA) is 74.5 Å². The molecule has 0 bridgehead atoms. The Morgan fingerprint density at radius 2 is 2.26 bits per heavy atom. The maximum Gasteiger partial charge on any atom is 0.160 e. The van der Waals surface area contributed by atoms with Crippen molar-refractivity contribution in [2.45, 2.75) is 32.2 Å². The zero-order valence-corrected chi connectivity index (χ0v) is 13.2. The van der Waals surface area contributed by atoms with Crippen LogP contribution in [0.1, 0.15) is 48.3 Å². The number of carbonyl (C=O) groups excluding carboxylic acids is 1. The first-order valence-electron chi connectivity index (χ1n) is 7.84. The summed E-state index contributed by atoms with van der Waals surface area (Å²) in [6.45, 7) is 5.28. The summed E-state index contributed by atoms with van der Waals surface area (Å²) in [6, 6.07) is 2.74. The molecule has 5 nitrogen and oxygen atoms in total. The molecule has 23 heavy (non-hydrogen) atoms. The Morgan fingerprint density at radius 3 is 2.96 bits per heavy atom. The van der Waals surface area contributed by atoms with Gasteiger partial charge in [0.1, 0.15) is 5.82 Å². The number of fused-ring (bicyclic) bond motifs is 5. The zero-order valence-electron chi connectivity index (χ0n) is 13.2. The summed E-state index contributed by atoms with van der Waals surface area (Å²) >= 11 is 0. The van der Waals surface area contributed by atoms with Crippen LogP contribution in [0.2, 0.25) is 0 Å². The third-order valence-corrected chi connectivity index (χ3v) is 5.36. The fourth-order valence-electron chi connectivity index (χ4n) is 4.19. The summed E-state index contributed by atoms with van der Waals surface area (Å²) in [5, 5.41) is 4.72. The highest BCUT2D eigenvalue weighted by molar-refractivity contribution is 6.19. The van der Waals surface area contributed by atoms with E-state index in [4.69, 9.17) is 5.84 Å². The monoisotopic (exact) mass is 314 g/mol. The van der Waals surface area contributed by atoms with Gasteiger partial charge in [0.15, 0.2) is 5.78 Å². The van der Waals surface area contributed by atoms with Crippen LogP contribution in [0.3, 0.4) is 0 Å². The van der Waals surface area contributed by atoms with Gasteiger partial charge >= 0.3 is 0 Å². The molecule has 2 aliphatic heterocycles. The zero-order chi connectivity index (χ0) is 16.4. The maximum atomic E-state index is 13.9. The minimum absolute atomic E-state index is 0.146. The first kappa shape index (κ1) is 14.4. The number of H-pyrrole nitrogens is 1. The highest BCUT2D eigenvalue weighted by atomic mass is 19.1. The molecule has 0 unspecified atom stereocenters. The van der Waals surface area contributed by atoms with E-state index >= 15 is 0 Å². The second-order valence-electron chi connectivity index (χ2n) is 6.68. The van der Waals surface area contributed by atoms with Crippen LogP contribution in [0.15, 0.2) is 17.2 Å². The molecule has 1 fully saturated rings. The summed E-state index contributed by atoms with van der Waals surface area (Å²) in [4.78, 5) is 17.7. The van der Waals surface area contributed by atoms with Gasteiger partial charge in [-0.1, -0.05) is 0 Å². The lowest BCUT2D eigenvalue weighted by Crippen LogP contribution is -2.47. The van der Waals surface area contributed by atoms with E-state index in [9.17, 15) is 9.18 Å². The number of nitrogens with one attached hydrogen (secondary N) is 1. The number of Topliss-reactive ketones (excluding diaryl/α,β-unsaturated/α-hetero) is 1. The fraction of sp³-hybridized carbons (Fsp3) is 0.412. The number of aromatic nitrogens is 1. The Labute approximate surface area is 133 Å². The molecule has 0 aliphatic carbocycles. The summed E-state index contributed by atoms with van der Waals surface area (Å²) in [7, 11) is 0. The number of rotatable bonds is 1. The Bertz CT molecular complexity index is 869. The molecular weight excluding hydrogens is 295 g/mol. The molecular formula is C17H19FN4O. The highest BCUT2D eigenvalue weighted by Crippen LogP contribution is 2.45. The van der Waals surface area contributed by atoms with Gasteiger partial charge in [0.05, 0.1) is 11.3 Å². The van der Waals surface area contributed by atoms with Crippen LogP contribution in [0, 0.1) is 5.82 Å². The maximum absolute atomic E-state index is 13.9. The van der Waals surface area contributed by atoms with Crippen LogP contribution in [0.5, 0.6) is 0 Å². The Balaban J connectivity index is 2.13. The van der Waals surface area contributed by atoms with E-state index < -0.39 is 5.82 Å². The van der Waals surface area contributed by atoms with E-state index in [0.717, 1.165) is 41.7 Å². The minimum atomic E-state index is -0.416. The van der Waals surface area contributed by atoms with Gasteiger partial charge in [0.25, 0.3) is 0 Å². The van der Waals surface area contributed by atoms with Crippen LogP contribution in [-0.4, -0.2) is 34.5 Å². The van der Waals surface area contributed by atoms with Crippen molar-refractivity contribution in [3.63, 3.8) is 0 Å². The van der Waals surface area contributed by atoms with E-state index in [1.54, 1.807) is 0 Å². The van der Waals surface area contributed by atoms with Crippen molar-refractivity contribution in [3.05, 3.63) is 34.8 Å². The number of hydrogen-bond acceptors (Lipinski definition) is 4. The van der Waals surface area contributed by atoms with Gasteiger partial charge in [-0.2, -0.15) is 5.10 Å². The van der Waals surface area contributed by atoms with Crippen molar-refractivity contribution < 1.29 is 9.18 Å². The smallest absolute Gasteiger partial charge is 0.160 e. The lowest BCUT2D eigenvalue weighted by molar-refractivity contribution is 0.101. The molecule has 6 heteroatoms. The second kappa shape index (κ2) is 4.64. The molecule has 120 valence electrons. The molecule has 0 spiro atoms. The largest absolute Gasteiger partial charge is 0.356 e. The van der Waals surface area contributed by atoms with Gasteiger partial charge in [-0.3, -0.25) is 9.69 Å². The van der Waals surface area contributed by atoms with Gasteiger partial charge in [-0.25, -0.2) is 4.39 Å². The average molecular weight is 314 g/mol. The van der Waals surface area contributed by atoms with Crippen LogP contribution in [0.4, 0.5) is 4.39 Å². The number of nitrogens with zero attached hydrogens (tertiary/aromatic N) is 2. The number of benzene rings is 1. The fourth-order valence-corrected chi connectivity index (χ4v) is 4.19. The second-order valence-corrected chi connectivity index (χ2v) is 6.68. The molecule has 3 N–H and O–H groups in total. The molecule has 0 radical (unpaired) electrons. The number of halogens is 1.